The van der Waals surface area contributed by atoms with Gasteiger partial charge in [-0.15, -0.1) is 11.0 Å². The molecule has 0 saturated heterocycles. The maximum absolute atomic E-state index is 12.6. The quantitative estimate of drug-likeness (QED) is 0.648. The summed E-state index contributed by atoms with van der Waals surface area (Å²) in [5, 5.41) is 28.4. The second kappa shape index (κ2) is 4.87. The molecule has 1 aromatic rings. The number of halogens is 3. The maximum atomic E-state index is 12.6. The fraction of sp³-hybridized carbons (Fsp3) is 0.273. The van der Waals surface area contributed by atoms with Gasteiger partial charge in [0, 0.05) is 0 Å². The molecule has 2 N–H and O–H groups in total. The van der Waals surface area contributed by atoms with Crippen molar-refractivity contribution in [1.29, 1.82) is 0 Å². The van der Waals surface area contributed by atoms with Gasteiger partial charge < -0.3 is 5.11 Å². The van der Waals surface area contributed by atoms with E-state index in [0.29, 0.717) is 11.6 Å². The number of anilines is 1. The van der Waals surface area contributed by atoms with Crippen LogP contribution in [0.25, 0.3) is 0 Å². The highest BCUT2D eigenvalue weighted by Crippen LogP contribution is 2.39. The fourth-order valence-corrected chi connectivity index (χ4v) is 1.47. The molecule has 0 spiro atoms. The normalized spacial score (nSPS) is 11.4. The molecule has 0 aliphatic carbocycles. The Labute approximate surface area is 101 Å². The molecule has 0 fully saturated rings. The molecular weight excluding hydrogens is 251 g/mol. The van der Waals surface area contributed by atoms with Gasteiger partial charge in [-0.1, -0.05) is 18.2 Å². The van der Waals surface area contributed by atoms with Gasteiger partial charge in [-0.05, 0) is 25.0 Å². The first-order chi connectivity index (χ1) is 8.12. The van der Waals surface area contributed by atoms with Gasteiger partial charge >= 0.3 is 6.18 Å². The van der Waals surface area contributed by atoms with E-state index in [2.05, 4.69) is 6.58 Å². The highest BCUT2D eigenvalue weighted by molar-refractivity contribution is 5.58. The number of rotatable bonds is 3. The molecule has 0 radical (unpaired) electrons. The Bertz CT molecular complexity index is 469. The lowest BCUT2D eigenvalue weighted by atomic mass is 10.0. The fourth-order valence-electron chi connectivity index (χ4n) is 1.47. The van der Waals surface area contributed by atoms with Crippen LogP contribution in [-0.4, -0.2) is 10.4 Å². The monoisotopic (exact) mass is 262 g/mol. The Morgan fingerprint density at radius 3 is 2.33 bits per heavy atom. The molecule has 1 rings (SSSR count). The smallest absolute Gasteiger partial charge is 0.418 e. The molecule has 1 aromatic carbocycles. The summed E-state index contributed by atoms with van der Waals surface area (Å²) < 4.78 is 37.7. The number of hydrogen-bond acceptors (Lipinski definition) is 4. The predicted molar refractivity (Wildman–Crippen MR) is 55.5 cm³/mol. The van der Waals surface area contributed by atoms with E-state index in [1.54, 1.807) is 6.92 Å². The van der Waals surface area contributed by atoms with E-state index < -0.39 is 28.4 Å². The van der Waals surface area contributed by atoms with E-state index in [9.17, 15) is 18.3 Å². The van der Waals surface area contributed by atoms with Gasteiger partial charge in [-0.25, -0.2) is 0 Å². The van der Waals surface area contributed by atoms with Crippen molar-refractivity contribution in [3.63, 3.8) is 0 Å². The van der Waals surface area contributed by atoms with Gasteiger partial charge in [0.2, 0.25) is 0 Å². The Balaban J connectivity index is 3.39. The highest BCUT2D eigenvalue weighted by atomic mass is 19.4. The van der Waals surface area contributed by atoms with Crippen LogP contribution in [0, 0.1) is 0 Å². The van der Waals surface area contributed by atoms with Crippen LogP contribution in [-0.2, 0) is 12.6 Å². The molecule has 0 unspecified atom stereocenters. The Hall–Kier alpha value is -1.73. The van der Waals surface area contributed by atoms with E-state index in [-0.39, 0.29) is 12.0 Å². The largest absolute Gasteiger partial charge is 0.872 e. The minimum Gasteiger partial charge on any atom is -0.872 e. The molecule has 0 heterocycles. The number of alkyl halides is 3. The van der Waals surface area contributed by atoms with E-state index in [4.69, 9.17) is 10.4 Å². The summed E-state index contributed by atoms with van der Waals surface area (Å²) in [4.78, 5) is 0. The summed E-state index contributed by atoms with van der Waals surface area (Å²) in [5.74, 6) is -0.823. The molecule has 0 amide bonds. The number of hydrogen-bond donors (Lipinski definition) is 2. The summed E-state index contributed by atoms with van der Waals surface area (Å²) in [7, 11) is 0. The summed E-state index contributed by atoms with van der Waals surface area (Å²) >= 11 is 0. The minimum atomic E-state index is -4.85. The van der Waals surface area contributed by atoms with E-state index >= 15 is 0 Å². The SMILES string of the molecule is C=C(C)Cc1cc(N(O)O)c(C(F)(F)F)cc1[O-]. The zero-order valence-electron chi connectivity index (χ0n) is 9.45. The van der Waals surface area contributed by atoms with Crippen molar-refractivity contribution in [2.45, 2.75) is 19.5 Å². The van der Waals surface area contributed by atoms with Crippen molar-refractivity contribution < 1.29 is 28.7 Å². The topological polar surface area (TPSA) is 66.8 Å². The third-order valence-electron chi connectivity index (χ3n) is 2.19. The zero-order chi connectivity index (χ0) is 14.1. The van der Waals surface area contributed by atoms with Crippen molar-refractivity contribution in [2.24, 2.45) is 0 Å². The van der Waals surface area contributed by atoms with Gasteiger partial charge in [0.05, 0.1) is 5.56 Å². The lowest BCUT2D eigenvalue weighted by Crippen LogP contribution is -2.19. The van der Waals surface area contributed by atoms with Crippen molar-refractivity contribution in [3.8, 4) is 5.75 Å². The van der Waals surface area contributed by atoms with Crippen LogP contribution in [0.5, 0.6) is 5.75 Å². The first-order valence-electron chi connectivity index (χ1n) is 4.86. The number of allylic oxidation sites excluding steroid dienone is 1. The third-order valence-corrected chi connectivity index (χ3v) is 2.19. The molecule has 18 heavy (non-hydrogen) atoms. The molecule has 100 valence electrons. The van der Waals surface area contributed by atoms with Crippen molar-refractivity contribution in [3.05, 3.63) is 35.4 Å². The summed E-state index contributed by atoms with van der Waals surface area (Å²) in [6.45, 7) is 5.14. The second-order valence-corrected chi connectivity index (χ2v) is 3.90. The van der Waals surface area contributed by atoms with Gasteiger partial charge in [-0.3, -0.25) is 10.4 Å². The molecule has 0 bridgehead atoms. The third kappa shape index (κ3) is 3.14. The molecule has 0 aromatic heterocycles. The van der Waals surface area contributed by atoms with Gasteiger partial charge in [-0.2, -0.15) is 13.2 Å². The average Bonchev–Trinajstić information content (AvgIpc) is 2.17. The Morgan fingerprint density at radius 2 is 1.94 bits per heavy atom. The zero-order valence-corrected chi connectivity index (χ0v) is 9.45. The maximum Gasteiger partial charge on any atom is 0.418 e. The first-order valence-corrected chi connectivity index (χ1v) is 4.86. The minimum absolute atomic E-state index is 0.0126. The van der Waals surface area contributed by atoms with Gasteiger partial charge in [0.25, 0.3) is 0 Å². The lowest BCUT2D eigenvalue weighted by molar-refractivity contribution is -0.270. The average molecular weight is 262 g/mol. The summed E-state index contributed by atoms with van der Waals surface area (Å²) in [6.07, 6.45) is -4.78. The molecule has 0 aliphatic heterocycles. The predicted octanol–water partition coefficient (Wildman–Crippen LogP) is 2.48. The molecule has 4 nitrogen and oxygen atoms in total. The summed E-state index contributed by atoms with van der Waals surface area (Å²) in [5.41, 5.74) is -1.71. The second-order valence-electron chi connectivity index (χ2n) is 3.90. The van der Waals surface area contributed by atoms with Crippen LogP contribution in [0.4, 0.5) is 18.9 Å². The Morgan fingerprint density at radius 1 is 1.39 bits per heavy atom. The van der Waals surface area contributed by atoms with Crippen LogP contribution in [0.15, 0.2) is 24.3 Å². The molecule has 0 aliphatic rings. The van der Waals surface area contributed by atoms with Gasteiger partial charge in [0.1, 0.15) is 5.69 Å². The van der Waals surface area contributed by atoms with Crippen molar-refractivity contribution >= 4 is 5.69 Å². The lowest BCUT2D eigenvalue weighted by Gasteiger charge is -2.22. The number of nitrogens with zero attached hydrogens (tertiary/aromatic N) is 1. The van der Waals surface area contributed by atoms with E-state index in [0.717, 1.165) is 6.07 Å². The standard InChI is InChI=1S/C11H12F3NO3/c1-6(2)3-7-4-9(15(17)18)8(5-10(7)16)11(12,13)14/h4-5,16-18H,1,3H2,2H3/p-1. The number of benzene rings is 1. The van der Waals surface area contributed by atoms with Crippen LogP contribution >= 0.6 is 0 Å². The van der Waals surface area contributed by atoms with Gasteiger partial charge in [0.15, 0.2) is 0 Å². The molecule has 7 heteroatoms. The van der Waals surface area contributed by atoms with Crippen LogP contribution in [0.3, 0.4) is 0 Å². The molecule has 0 saturated carbocycles. The highest BCUT2D eigenvalue weighted by Gasteiger charge is 2.35. The Kier molecular flexibility index (Phi) is 3.88. The van der Waals surface area contributed by atoms with Crippen LogP contribution in [0.1, 0.15) is 18.1 Å². The van der Waals surface area contributed by atoms with Crippen molar-refractivity contribution in [2.75, 3.05) is 5.23 Å². The summed E-state index contributed by atoms with van der Waals surface area (Å²) in [6, 6.07) is 1.13. The van der Waals surface area contributed by atoms with E-state index in [1.165, 1.54) is 0 Å². The van der Waals surface area contributed by atoms with E-state index in [1.807, 2.05) is 0 Å². The van der Waals surface area contributed by atoms with Crippen LogP contribution < -0.4 is 10.3 Å². The van der Waals surface area contributed by atoms with Crippen LogP contribution in [0.2, 0.25) is 0 Å². The first kappa shape index (κ1) is 14.3. The molecular formula is C11H11F3NO3-. The van der Waals surface area contributed by atoms with Crippen molar-refractivity contribution in [1.82, 2.24) is 0 Å². The molecule has 0 atom stereocenters.